The van der Waals surface area contributed by atoms with Gasteiger partial charge in [0.15, 0.2) is 0 Å². The van der Waals surface area contributed by atoms with Gasteiger partial charge >= 0.3 is 0 Å². The standard InChI is InChI=1S/C48H32N2S/c1-3-11-35(12-4-1)50(36-13-5-2-6-14-36)37-22-18-30(19-23-37)34-26-33-10-9-16-40-46(33)42(28-34)47-41-27-31(21-25-43(41)49-48(40)47)32-20-24-39-38-15-7-8-17-44(38)51-45(39)29-32/h1-20,22-29,31,49H,21H2. The summed E-state index contributed by atoms with van der Waals surface area (Å²) < 4.78 is 2.73. The number of aromatic nitrogens is 1. The monoisotopic (exact) mass is 668 g/mol. The smallest absolute Gasteiger partial charge is 0.0551 e. The van der Waals surface area contributed by atoms with Gasteiger partial charge in [0, 0.05) is 64.8 Å². The molecule has 3 heteroatoms. The van der Waals surface area contributed by atoms with E-state index >= 15 is 0 Å². The Kier molecular flexibility index (Phi) is 6.28. The molecule has 240 valence electrons. The van der Waals surface area contributed by atoms with Crippen LogP contribution in [0.2, 0.25) is 0 Å². The Morgan fingerprint density at radius 3 is 2.10 bits per heavy atom. The zero-order valence-corrected chi connectivity index (χ0v) is 28.6. The minimum absolute atomic E-state index is 0.333. The second-order valence-corrected chi connectivity index (χ2v) is 14.8. The van der Waals surface area contributed by atoms with Crippen LogP contribution in [0.25, 0.3) is 76.6 Å². The van der Waals surface area contributed by atoms with Crippen molar-refractivity contribution in [3.8, 4) is 33.5 Å². The SMILES string of the molecule is C1=c2[nH]c3c(c2=CC(c2ccc4c(c2)sc2ccccc24)C1)-c1cc(-c2ccc(N(c4ccccc4)c4ccccc4)cc2)cc2cccc-3c12. The van der Waals surface area contributed by atoms with E-state index in [4.69, 9.17) is 0 Å². The lowest BCUT2D eigenvalue weighted by molar-refractivity contribution is 0.920. The molecule has 2 nitrogen and oxygen atoms in total. The number of rotatable bonds is 5. The highest BCUT2D eigenvalue weighted by Gasteiger charge is 2.27. The summed E-state index contributed by atoms with van der Waals surface area (Å²) >= 11 is 1.90. The molecule has 11 rings (SSSR count). The number of H-pyrrole nitrogens is 1. The predicted molar refractivity (Wildman–Crippen MR) is 218 cm³/mol. The van der Waals surface area contributed by atoms with Gasteiger partial charge in [-0.2, -0.15) is 0 Å². The van der Waals surface area contributed by atoms with E-state index in [-0.39, 0.29) is 0 Å². The van der Waals surface area contributed by atoms with Gasteiger partial charge in [0.1, 0.15) is 0 Å². The molecular formula is C48H32N2S. The van der Waals surface area contributed by atoms with Crippen molar-refractivity contribution in [1.29, 1.82) is 0 Å². The summed E-state index contributed by atoms with van der Waals surface area (Å²) in [5, 5.41) is 7.93. The molecule has 2 heterocycles. The summed E-state index contributed by atoms with van der Waals surface area (Å²) in [6.07, 6.45) is 5.94. The van der Waals surface area contributed by atoms with Gasteiger partial charge in [-0.05, 0) is 100 Å². The predicted octanol–water partition coefficient (Wildman–Crippen LogP) is 12.1. The lowest BCUT2D eigenvalue weighted by Crippen LogP contribution is -2.28. The number of nitrogens with zero attached hydrogens (tertiary/aromatic N) is 1. The molecule has 0 fully saturated rings. The van der Waals surface area contributed by atoms with E-state index in [1.54, 1.807) is 0 Å². The topological polar surface area (TPSA) is 19.0 Å². The maximum absolute atomic E-state index is 3.86. The maximum Gasteiger partial charge on any atom is 0.0551 e. The molecule has 1 atom stereocenters. The molecule has 0 saturated carbocycles. The molecule has 2 aliphatic rings. The van der Waals surface area contributed by atoms with Crippen LogP contribution in [-0.2, 0) is 0 Å². The molecule has 1 N–H and O–H groups in total. The number of nitrogens with one attached hydrogen (secondary N) is 1. The van der Waals surface area contributed by atoms with Gasteiger partial charge in [0.05, 0.1) is 5.69 Å². The summed E-state index contributed by atoms with van der Waals surface area (Å²) in [4.78, 5) is 6.18. The van der Waals surface area contributed by atoms with Crippen LogP contribution in [-0.4, -0.2) is 4.98 Å². The average Bonchev–Trinajstić information content (AvgIpc) is 3.85. The minimum atomic E-state index is 0.333. The third-order valence-corrected chi connectivity index (χ3v) is 12.0. The highest BCUT2D eigenvalue weighted by Crippen LogP contribution is 2.47. The number of fused-ring (bicyclic) bond motifs is 8. The van der Waals surface area contributed by atoms with Crippen LogP contribution < -0.4 is 15.5 Å². The molecule has 0 saturated heterocycles. The van der Waals surface area contributed by atoms with Crippen LogP contribution in [0.3, 0.4) is 0 Å². The Hall–Kier alpha value is -6.16. The first kappa shape index (κ1) is 28.7. The normalized spacial score (nSPS) is 14.3. The Bertz CT molecular complexity index is 2890. The van der Waals surface area contributed by atoms with Crippen LogP contribution in [0, 0.1) is 0 Å². The molecule has 0 spiro atoms. The number of para-hydroxylation sites is 2. The van der Waals surface area contributed by atoms with Gasteiger partial charge in [0.25, 0.3) is 0 Å². The summed E-state index contributed by atoms with van der Waals surface area (Å²) in [6.45, 7) is 0. The van der Waals surface area contributed by atoms with Crippen molar-refractivity contribution in [1.82, 2.24) is 4.98 Å². The minimum Gasteiger partial charge on any atom is -0.354 e. The van der Waals surface area contributed by atoms with Crippen molar-refractivity contribution < 1.29 is 0 Å². The third-order valence-electron chi connectivity index (χ3n) is 10.8. The second kappa shape index (κ2) is 11.2. The van der Waals surface area contributed by atoms with Gasteiger partial charge in [-0.15, -0.1) is 11.3 Å². The van der Waals surface area contributed by atoms with E-state index in [0.717, 1.165) is 23.5 Å². The fourth-order valence-corrected chi connectivity index (χ4v) is 9.63. The summed E-state index contributed by atoms with van der Waals surface area (Å²) in [5.74, 6) is 0.333. The first-order chi connectivity index (χ1) is 25.3. The molecule has 0 aliphatic heterocycles. The average molecular weight is 669 g/mol. The lowest BCUT2D eigenvalue weighted by Gasteiger charge is -2.25. The van der Waals surface area contributed by atoms with E-state index in [1.807, 2.05) is 11.3 Å². The number of thiophene rings is 1. The molecule has 0 amide bonds. The molecule has 1 unspecified atom stereocenters. The van der Waals surface area contributed by atoms with Crippen LogP contribution in [0.15, 0.2) is 158 Å². The zero-order valence-electron chi connectivity index (χ0n) is 27.8. The maximum atomic E-state index is 3.86. The largest absolute Gasteiger partial charge is 0.354 e. The molecule has 0 radical (unpaired) electrons. The fraction of sp³-hybridized carbons (Fsp3) is 0.0417. The van der Waals surface area contributed by atoms with Gasteiger partial charge in [0.2, 0.25) is 0 Å². The molecular weight excluding hydrogens is 637 g/mol. The van der Waals surface area contributed by atoms with Crippen molar-refractivity contribution >= 4 is 71.5 Å². The van der Waals surface area contributed by atoms with E-state index in [9.17, 15) is 0 Å². The van der Waals surface area contributed by atoms with Crippen molar-refractivity contribution in [3.63, 3.8) is 0 Å². The molecule has 0 bridgehead atoms. The summed E-state index contributed by atoms with van der Waals surface area (Å²) in [5.41, 5.74) is 12.5. The van der Waals surface area contributed by atoms with Gasteiger partial charge < -0.3 is 9.88 Å². The van der Waals surface area contributed by atoms with Gasteiger partial charge in [-0.25, -0.2) is 0 Å². The zero-order chi connectivity index (χ0) is 33.5. The van der Waals surface area contributed by atoms with Crippen molar-refractivity contribution in [2.24, 2.45) is 0 Å². The van der Waals surface area contributed by atoms with Crippen LogP contribution in [0.1, 0.15) is 17.9 Å². The Balaban J connectivity index is 1.01. The van der Waals surface area contributed by atoms with E-state index in [2.05, 4.69) is 180 Å². The highest BCUT2D eigenvalue weighted by molar-refractivity contribution is 7.25. The summed E-state index contributed by atoms with van der Waals surface area (Å²) in [7, 11) is 0. The Labute approximate surface area is 299 Å². The van der Waals surface area contributed by atoms with Crippen LogP contribution in [0.4, 0.5) is 17.1 Å². The first-order valence-electron chi connectivity index (χ1n) is 17.7. The quantitative estimate of drug-likeness (QED) is 0.193. The third kappa shape index (κ3) is 4.48. The molecule has 51 heavy (non-hydrogen) atoms. The number of aromatic amines is 1. The number of benzene rings is 7. The number of anilines is 3. The molecule has 2 aromatic heterocycles. The molecule has 9 aromatic rings. The van der Waals surface area contributed by atoms with Gasteiger partial charge in [-0.1, -0.05) is 109 Å². The first-order valence-corrected chi connectivity index (χ1v) is 18.5. The van der Waals surface area contributed by atoms with E-state index < -0.39 is 0 Å². The van der Waals surface area contributed by atoms with Crippen molar-refractivity contribution in [2.75, 3.05) is 4.90 Å². The van der Waals surface area contributed by atoms with Crippen LogP contribution in [0.5, 0.6) is 0 Å². The fourth-order valence-electron chi connectivity index (χ4n) is 8.47. The van der Waals surface area contributed by atoms with Crippen LogP contribution >= 0.6 is 11.3 Å². The number of hydrogen-bond acceptors (Lipinski definition) is 2. The van der Waals surface area contributed by atoms with Crippen molar-refractivity contribution in [2.45, 2.75) is 12.3 Å². The molecule has 2 aliphatic carbocycles. The van der Waals surface area contributed by atoms with Gasteiger partial charge in [-0.3, -0.25) is 0 Å². The Morgan fingerprint density at radius 2 is 1.29 bits per heavy atom. The number of hydrogen-bond donors (Lipinski definition) is 1. The van der Waals surface area contributed by atoms with E-state index in [1.165, 1.54) is 80.6 Å². The molecule has 7 aromatic carbocycles. The lowest BCUT2D eigenvalue weighted by atomic mass is 9.89. The summed E-state index contributed by atoms with van der Waals surface area (Å²) in [6, 6.07) is 57.7. The Morgan fingerprint density at radius 1 is 0.569 bits per heavy atom. The highest BCUT2D eigenvalue weighted by atomic mass is 32.1. The second-order valence-electron chi connectivity index (χ2n) is 13.8. The van der Waals surface area contributed by atoms with E-state index in [0.29, 0.717) is 5.92 Å². The van der Waals surface area contributed by atoms with Crippen molar-refractivity contribution in [3.05, 3.63) is 174 Å².